The number of pyridine rings is 2. The van der Waals surface area contributed by atoms with Gasteiger partial charge in [-0.25, -0.2) is 4.98 Å². The summed E-state index contributed by atoms with van der Waals surface area (Å²) in [4.78, 5) is 43.8. The number of aromatic amines is 1. The number of carbonyl (C=O) groups excluding carboxylic acids is 1. The number of aliphatic hydroxyl groups is 1. The third-order valence-corrected chi connectivity index (χ3v) is 8.39. The van der Waals surface area contributed by atoms with Gasteiger partial charge in [-0.15, -0.1) is 0 Å². The highest BCUT2D eigenvalue weighted by atomic mass is 19.4. The van der Waals surface area contributed by atoms with Crippen LogP contribution in [0.3, 0.4) is 0 Å². The van der Waals surface area contributed by atoms with E-state index in [9.17, 15) is 27.9 Å². The first kappa shape index (κ1) is 28.7. The maximum absolute atomic E-state index is 13.3. The van der Waals surface area contributed by atoms with E-state index in [4.69, 9.17) is 4.98 Å². The van der Waals surface area contributed by atoms with Crippen LogP contribution in [-0.2, 0) is 29.4 Å². The molecule has 6 rings (SSSR count). The van der Waals surface area contributed by atoms with Crippen molar-refractivity contribution < 1.29 is 23.1 Å². The molecule has 0 spiro atoms. The summed E-state index contributed by atoms with van der Waals surface area (Å²) in [5.41, 5.74) is 2.72. The molecule has 3 aromatic heterocycles. The molecule has 4 heterocycles. The van der Waals surface area contributed by atoms with Crippen molar-refractivity contribution in [3.63, 3.8) is 0 Å². The summed E-state index contributed by atoms with van der Waals surface area (Å²) in [5, 5.41) is 11.0. The third-order valence-electron chi connectivity index (χ3n) is 8.39. The molecule has 0 radical (unpaired) electrons. The molecule has 1 aliphatic heterocycles. The molecule has 0 bridgehead atoms. The van der Waals surface area contributed by atoms with Crippen molar-refractivity contribution in [3.8, 4) is 11.1 Å². The molecule has 1 aromatic carbocycles. The zero-order valence-electron chi connectivity index (χ0n) is 23.7. The largest absolute Gasteiger partial charge is 0.433 e. The van der Waals surface area contributed by atoms with E-state index >= 15 is 0 Å². The summed E-state index contributed by atoms with van der Waals surface area (Å²) in [7, 11) is 0. The van der Waals surface area contributed by atoms with E-state index in [1.54, 1.807) is 24.3 Å². The number of hydrogen-bond acceptors (Lipinski definition) is 6. The van der Waals surface area contributed by atoms with Crippen LogP contribution in [0.15, 0.2) is 65.8 Å². The van der Waals surface area contributed by atoms with E-state index in [0.717, 1.165) is 36.2 Å². The average molecular weight is 590 g/mol. The summed E-state index contributed by atoms with van der Waals surface area (Å²) in [6, 6.07) is 10.7. The Labute approximate surface area is 245 Å². The number of halogens is 3. The molecule has 2 aliphatic rings. The Morgan fingerprint density at radius 2 is 1.84 bits per heavy atom. The summed E-state index contributed by atoms with van der Waals surface area (Å²) in [6.45, 7) is 4.50. The van der Waals surface area contributed by atoms with Crippen LogP contribution in [0, 0.1) is 0 Å². The molecule has 0 saturated heterocycles. The quantitative estimate of drug-likeness (QED) is 0.325. The number of hydrogen-bond donors (Lipinski definition) is 2. The van der Waals surface area contributed by atoms with Gasteiger partial charge in [-0.3, -0.25) is 19.6 Å². The number of fused-ring (bicyclic) bond motifs is 1. The Morgan fingerprint density at radius 1 is 1.05 bits per heavy atom. The lowest BCUT2D eigenvalue weighted by molar-refractivity contribution is -0.142. The second-order valence-corrected chi connectivity index (χ2v) is 11.6. The van der Waals surface area contributed by atoms with Crippen LogP contribution in [0.25, 0.3) is 11.1 Å². The predicted octanol–water partition coefficient (Wildman–Crippen LogP) is 5.07. The summed E-state index contributed by atoms with van der Waals surface area (Å²) in [5.74, 6) is 0.363. The Balaban J connectivity index is 1.20. The second kappa shape index (κ2) is 10.7. The summed E-state index contributed by atoms with van der Waals surface area (Å²) >= 11 is 0. The van der Waals surface area contributed by atoms with Crippen molar-refractivity contribution in [3.05, 3.63) is 111 Å². The van der Waals surface area contributed by atoms with Gasteiger partial charge in [0.15, 0.2) is 6.10 Å². The maximum atomic E-state index is 13.3. The number of nitrogens with one attached hydrogen (secondary N) is 1. The van der Waals surface area contributed by atoms with Gasteiger partial charge in [0, 0.05) is 37.1 Å². The zero-order chi connectivity index (χ0) is 30.5. The third kappa shape index (κ3) is 5.45. The molecule has 1 aliphatic carbocycles. The first-order valence-electron chi connectivity index (χ1n) is 14.1. The van der Waals surface area contributed by atoms with Crippen LogP contribution in [-0.4, -0.2) is 42.4 Å². The molecule has 8 nitrogen and oxygen atoms in total. The second-order valence-electron chi connectivity index (χ2n) is 11.6. The van der Waals surface area contributed by atoms with Gasteiger partial charge in [0.25, 0.3) is 11.5 Å². The van der Waals surface area contributed by atoms with Crippen LogP contribution in [0.4, 0.5) is 13.2 Å². The highest BCUT2D eigenvalue weighted by Crippen LogP contribution is 2.52. The van der Waals surface area contributed by atoms with Crippen molar-refractivity contribution >= 4 is 5.91 Å². The van der Waals surface area contributed by atoms with Crippen molar-refractivity contribution in [2.24, 2.45) is 0 Å². The van der Waals surface area contributed by atoms with E-state index < -0.39 is 23.9 Å². The highest BCUT2D eigenvalue weighted by Gasteiger charge is 2.49. The van der Waals surface area contributed by atoms with Crippen molar-refractivity contribution in [1.29, 1.82) is 0 Å². The van der Waals surface area contributed by atoms with Crippen molar-refractivity contribution in [1.82, 2.24) is 24.8 Å². The molecule has 1 atom stereocenters. The number of carbonyl (C=O) groups is 1. The number of nitrogens with zero attached hydrogens (tertiary/aromatic N) is 4. The standard InChI is InChI=1S/C32H30F3N5O3/c1-18(2)22-13-23(16-36-14-22)31(9-10-31)30-38-25-8-11-40(17-24(25)28(42)39-30)29(43)27(41)20-5-3-4-19(12-20)21-6-7-26(37-15-21)32(33,34)35/h3-7,12-16,18,27,41H,8-11,17H2,1-2H3,(H,38,39,42)/t27-/m1/s1. The van der Waals surface area contributed by atoms with Gasteiger partial charge >= 0.3 is 6.18 Å². The molecular weight excluding hydrogens is 559 g/mol. The van der Waals surface area contributed by atoms with E-state index in [1.807, 2.05) is 12.4 Å². The highest BCUT2D eigenvalue weighted by molar-refractivity contribution is 5.83. The van der Waals surface area contributed by atoms with Crippen molar-refractivity contribution in [2.45, 2.75) is 63.3 Å². The van der Waals surface area contributed by atoms with Gasteiger partial charge < -0.3 is 15.0 Å². The number of H-pyrrole nitrogens is 1. The number of benzene rings is 1. The number of rotatable bonds is 6. The van der Waals surface area contributed by atoms with Gasteiger partial charge in [-0.2, -0.15) is 13.2 Å². The lowest BCUT2D eigenvalue weighted by atomic mass is 9.92. The van der Waals surface area contributed by atoms with Gasteiger partial charge in [0.2, 0.25) is 0 Å². The molecule has 1 amide bonds. The van der Waals surface area contributed by atoms with E-state index in [0.29, 0.717) is 40.5 Å². The fraction of sp³-hybridized carbons (Fsp3) is 0.344. The molecule has 2 N–H and O–H groups in total. The molecule has 11 heteroatoms. The number of aromatic nitrogens is 4. The number of aliphatic hydroxyl groups excluding tert-OH is 1. The smallest absolute Gasteiger partial charge is 0.378 e. The SMILES string of the molecule is CC(C)c1cncc(C2(c3nc4c(c(=O)[nH]3)CN(C(=O)[C@H](O)c3cccc(-c5ccc(C(F)(F)F)nc5)c3)CC4)CC2)c1. The molecule has 1 fully saturated rings. The van der Waals surface area contributed by atoms with Crippen LogP contribution >= 0.6 is 0 Å². The first-order chi connectivity index (χ1) is 20.5. The lowest BCUT2D eigenvalue weighted by Gasteiger charge is -2.30. The molecular formula is C32H30F3N5O3. The fourth-order valence-corrected chi connectivity index (χ4v) is 5.60. The Morgan fingerprint density at radius 3 is 2.51 bits per heavy atom. The van der Waals surface area contributed by atoms with Crippen LogP contribution < -0.4 is 5.56 Å². The van der Waals surface area contributed by atoms with Gasteiger partial charge in [-0.1, -0.05) is 44.2 Å². The minimum Gasteiger partial charge on any atom is -0.378 e. The normalized spacial score (nSPS) is 16.6. The minimum absolute atomic E-state index is 0.00768. The molecule has 0 unspecified atom stereocenters. The molecule has 222 valence electrons. The van der Waals surface area contributed by atoms with Gasteiger partial charge in [-0.05, 0) is 53.1 Å². The van der Waals surface area contributed by atoms with E-state index in [1.165, 1.54) is 11.0 Å². The minimum atomic E-state index is -4.55. The van der Waals surface area contributed by atoms with Crippen LogP contribution in [0.2, 0.25) is 0 Å². The average Bonchev–Trinajstić information content (AvgIpc) is 3.82. The van der Waals surface area contributed by atoms with E-state index in [-0.39, 0.29) is 29.6 Å². The van der Waals surface area contributed by atoms with Crippen LogP contribution in [0.1, 0.15) is 78.2 Å². The number of alkyl halides is 3. The Kier molecular flexibility index (Phi) is 7.16. The number of amides is 1. The molecule has 1 saturated carbocycles. The molecule has 43 heavy (non-hydrogen) atoms. The molecule has 4 aromatic rings. The Hall–Kier alpha value is -4.38. The lowest BCUT2D eigenvalue weighted by Crippen LogP contribution is -2.42. The monoisotopic (exact) mass is 589 g/mol. The topological polar surface area (TPSA) is 112 Å². The summed E-state index contributed by atoms with van der Waals surface area (Å²) < 4.78 is 38.7. The Bertz CT molecular complexity index is 1750. The van der Waals surface area contributed by atoms with Crippen molar-refractivity contribution in [2.75, 3.05) is 6.54 Å². The fourth-order valence-electron chi connectivity index (χ4n) is 5.60. The van der Waals surface area contributed by atoms with Gasteiger partial charge in [0.1, 0.15) is 11.5 Å². The van der Waals surface area contributed by atoms with Gasteiger partial charge in [0.05, 0.1) is 23.2 Å². The first-order valence-corrected chi connectivity index (χ1v) is 14.1. The maximum Gasteiger partial charge on any atom is 0.433 e. The summed E-state index contributed by atoms with van der Waals surface area (Å²) in [6.07, 6.45) is 0.804. The predicted molar refractivity (Wildman–Crippen MR) is 152 cm³/mol. The van der Waals surface area contributed by atoms with Crippen LogP contribution in [0.5, 0.6) is 0 Å². The van der Waals surface area contributed by atoms with E-state index in [2.05, 4.69) is 34.9 Å². The zero-order valence-corrected chi connectivity index (χ0v) is 23.7.